The summed E-state index contributed by atoms with van der Waals surface area (Å²) in [5, 5.41) is 0.901. The van der Waals surface area contributed by atoms with Crippen LogP contribution in [0.5, 0.6) is 11.5 Å². The first-order chi connectivity index (χ1) is 17.2. The SMILES string of the molecule is CCOP(=O)(COc1ccc2c(c1)P(=O)(OC)c1cc(OCP(=O)(OCC)OCC)ccc1-2)OCC. The van der Waals surface area contributed by atoms with Crippen LogP contribution in [-0.4, -0.2) is 46.2 Å². The second kappa shape index (κ2) is 12.4. The van der Waals surface area contributed by atoms with Gasteiger partial charge in [-0.3, -0.25) is 13.7 Å². The van der Waals surface area contributed by atoms with E-state index >= 15 is 0 Å². The van der Waals surface area contributed by atoms with Crippen molar-refractivity contribution in [1.82, 2.24) is 0 Å². The zero-order valence-corrected chi connectivity index (χ0v) is 23.8. The maximum atomic E-state index is 14.0. The second-order valence-corrected chi connectivity index (χ2v) is 14.0. The lowest BCUT2D eigenvalue weighted by Crippen LogP contribution is -2.13. The lowest BCUT2D eigenvalue weighted by Gasteiger charge is -2.18. The number of benzene rings is 2. The molecule has 0 saturated carbocycles. The minimum atomic E-state index is -3.49. The van der Waals surface area contributed by atoms with E-state index in [1.54, 1.807) is 64.1 Å². The zero-order valence-electron chi connectivity index (χ0n) is 21.1. The van der Waals surface area contributed by atoms with Crippen LogP contribution in [0, 0.1) is 0 Å². The molecule has 10 nitrogen and oxygen atoms in total. The van der Waals surface area contributed by atoms with Crippen molar-refractivity contribution in [3.8, 4) is 22.6 Å². The lowest BCUT2D eigenvalue weighted by atomic mass is 10.1. The molecule has 1 aliphatic rings. The molecule has 3 rings (SSSR count). The summed E-state index contributed by atoms with van der Waals surface area (Å²) >= 11 is 0. The highest BCUT2D eigenvalue weighted by molar-refractivity contribution is 7.75. The third kappa shape index (κ3) is 6.32. The highest BCUT2D eigenvalue weighted by Gasteiger charge is 2.40. The van der Waals surface area contributed by atoms with Crippen molar-refractivity contribution in [2.45, 2.75) is 27.7 Å². The van der Waals surface area contributed by atoms with Crippen LogP contribution in [-0.2, 0) is 36.3 Å². The van der Waals surface area contributed by atoms with Crippen molar-refractivity contribution in [3.63, 3.8) is 0 Å². The number of hydrogen-bond donors (Lipinski definition) is 0. The van der Waals surface area contributed by atoms with E-state index in [1.165, 1.54) is 7.11 Å². The quantitative estimate of drug-likeness (QED) is 0.249. The van der Waals surface area contributed by atoms with Crippen molar-refractivity contribution in [2.24, 2.45) is 0 Å². The van der Waals surface area contributed by atoms with E-state index in [0.29, 0.717) is 22.1 Å². The van der Waals surface area contributed by atoms with Gasteiger partial charge in [0.2, 0.25) is 0 Å². The Labute approximate surface area is 212 Å². The van der Waals surface area contributed by atoms with Gasteiger partial charge in [0.1, 0.15) is 11.5 Å². The standard InChI is InChI=1S/C23H33O10P3/c1-6-30-34(24,31-7-2)16-28-18-10-12-20-21-13-11-19(29-17-35(25,32-8-3)33-9-4)15-23(21)36(26,27-5)22(20)14-18/h10-15H,6-9,16-17H2,1-5H3. The molecule has 36 heavy (non-hydrogen) atoms. The fraction of sp³-hybridized carbons (Fsp3) is 0.478. The normalized spacial score (nSPS) is 14.4. The van der Waals surface area contributed by atoms with E-state index in [4.69, 9.17) is 32.1 Å². The Balaban J connectivity index is 1.86. The molecule has 0 aliphatic carbocycles. The Morgan fingerprint density at radius 3 is 1.33 bits per heavy atom. The van der Waals surface area contributed by atoms with Gasteiger partial charge in [-0.25, -0.2) is 0 Å². The van der Waals surface area contributed by atoms with E-state index < -0.39 is 22.6 Å². The Hall–Kier alpha value is -1.47. The van der Waals surface area contributed by atoms with Crippen LogP contribution in [0.2, 0.25) is 0 Å². The first-order valence-corrected chi connectivity index (χ1v) is 16.7. The first-order valence-electron chi connectivity index (χ1n) is 11.6. The fourth-order valence-electron chi connectivity index (χ4n) is 3.79. The summed E-state index contributed by atoms with van der Waals surface area (Å²) in [5.74, 6) is 0.702. The van der Waals surface area contributed by atoms with Gasteiger partial charge in [0.15, 0.2) is 12.7 Å². The van der Waals surface area contributed by atoms with Crippen molar-refractivity contribution in [1.29, 1.82) is 0 Å². The van der Waals surface area contributed by atoms with Crippen LogP contribution in [0.1, 0.15) is 27.7 Å². The molecule has 0 saturated heterocycles. The average Bonchev–Trinajstić information content (AvgIpc) is 3.10. The summed E-state index contributed by atoms with van der Waals surface area (Å²) in [7, 11) is -8.96. The monoisotopic (exact) mass is 562 g/mol. The maximum absolute atomic E-state index is 14.0. The smallest absolute Gasteiger partial charge is 0.367 e. The van der Waals surface area contributed by atoms with Crippen molar-refractivity contribution < 1.29 is 45.8 Å². The van der Waals surface area contributed by atoms with E-state index in [0.717, 1.165) is 11.1 Å². The van der Waals surface area contributed by atoms with Gasteiger partial charge in [-0.1, -0.05) is 0 Å². The Kier molecular flexibility index (Phi) is 10.0. The number of fused-ring (bicyclic) bond motifs is 3. The maximum Gasteiger partial charge on any atom is 0.367 e. The van der Waals surface area contributed by atoms with Crippen LogP contribution < -0.4 is 20.1 Å². The van der Waals surface area contributed by atoms with Gasteiger partial charge in [0.25, 0.3) is 7.37 Å². The average molecular weight is 562 g/mol. The molecule has 0 radical (unpaired) electrons. The Bertz CT molecular complexity index is 1090. The van der Waals surface area contributed by atoms with E-state index in [-0.39, 0.29) is 39.1 Å². The summed E-state index contributed by atoms with van der Waals surface area (Å²) in [4.78, 5) is 0. The number of hydrogen-bond acceptors (Lipinski definition) is 10. The summed E-state index contributed by atoms with van der Waals surface area (Å²) in [6.07, 6.45) is -0.565. The molecule has 1 heterocycles. The van der Waals surface area contributed by atoms with Crippen LogP contribution >= 0.6 is 22.6 Å². The molecule has 0 aromatic heterocycles. The van der Waals surface area contributed by atoms with Gasteiger partial charge in [0, 0.05) is 7.11 Å². The molecule has 200 valence electrons. The van der Waals surface area contributed by atoms with Gasteiger partial charge in [-0.2, -0.15) is 0 Å². The topological polar surface area (TPSA) is 116 Å². The molecule has 13 heteroatoms. The molecule has 0 spiro atoms. The zero-order chi connectivity index (χ0) is 26.4. The van der Waals surface area contributed by atoms with Crippen LogP contribution in [0.4, 0.5) is 0 Å². The highest BCUT2D eigenvalue weighted by atomic mass is 31.2. The van der Waals surface area contributed by atoms with Crippen molar-refractivity contribution in [3.05, 3.63) is 36.4 Å². The molecule has 0 atom stereocenters. The summed E-state index contributed by atoms with van der Waals surface area (Å²) < 4.78 is 77.5. The summed E-state index contributed by atoms with van der Waals surface area (Å²) in [5.41, 5.74) is 1.45. The van der Waals surface area contributed by atoms with E-state index in [9.17, 15) is 13.7 Å². The molecule has 1 aliphatic heterocycles. The minimum Gasteiger partial charge on any atom is -0.481 e. The van der Waals surface area contributed by atoms with E-state index in [1.807, 2.05) is 0 Å². The van der Waals surface area contributed by atoms with Crippen LogP contribution in [0.3, 0.4) is 0 Å². The van der Waals surface area contributed by atoms with Crippen molar-refractivity contribution in [2.75, 3.05) is 46.2 Å². The minimum absolute atomic E-state index is 0.216. The first kappa shape index (κ1) is 29.1. The fourth-order valence-corrected chi connectivity index (χ4v) is 8.70. The predicted molar refractivity (Wildman–Crippen MR) is 138 cm³/mol. The summed E-state index contributed by atoms with van der Waals surface area (Å²) in [6.45, 7) is 7.74. The highest BCUT2D eigenvalue weighted by Crippen LogP contribution is 2.55. The largest absolute Gasteiger partial charge is 0.481 e. The molecular weight excluding hydrogens is 529 g/mol. The molecule has 0 fully saturated rings. The molecule has 0 bridgehead atoms. The Morgan fingerprint density at radius 1 is 0.667 bits per heavy atom. The third-order valence-corrected chi connectivity index (χ3v) is 11.2. The summed E-state index contributed by atoms with van der Waals surface area (Å²) in [6, 6.07) is 10.2. The molecule has 2 aromatic rings. The van der Waals surface area contributed by atoms with Crippen molar-refractivity contribution >= 4 is 33.2 Å². The molecule has 0 N–H and O–H groups in total. The van der Waals surface area contributed by atoms with Gasteiger partial charge in [-0.05, 0) is 75.2 Å². The number of rotatable bonds is 15. The molecule has 0 amide bonds. The van der Waals surface area contributed by atoms with Crippen LogP contribution in [0.15, 0.2) is 36.4 Å². The Morgan fingerprint density at radius 2 is 1.03 bits per heavy atom. The third-order valence-electron chi connectivity index (χ3n) is 5.20. The lowest BCUT2D eigenvalue weighted by molar-refractivity contribution is 0.196. The van der Waals surface area contributed by atoms with E-state index in [2.05, 4.69) is 0 Å². The van der Waals surface area contributed by atoms with Gasteiger partial charge in [0.05, 0.1) is 37.0 Å². The predicted octanol–water partition coefficient (Wildman–Crippen LogP) is 5.75. The number of ether oxygens (including phenoxy) is 2. The van der Waals surface area contributed by atoms with Crippen LogP contribution in [0.25, 0.3) is 11.1 Å². The molecular formula is C23H33O10P3. The molecule has 2 aromatic carbocycles. The van der Waals surface area contributed by atoms with Gasteiger partial charge in [-0.15, -0.1) is 0 Å². The second-order valence-electron chi connectivity index (χ2n) is 7.53. The van der Waals surface area contributed by atoms with Gasteiger partial charge < -0.3 is 32.1 Å². The van der Waals surface area contributed by atoms with Gasteiger partial charge >= 0.3 is 15.2 Å². The molecule has 0 unspecified atom stereocenters.